The number of amides is 1. The third-order valence-electron chi connectivity index (χ3n) is 3.66. The molecule has 24 heavy (non-hydrogen) atoms. The lowest BCUT2D eigenvalue weighted by atomic mass is 10.1. The first kappa shape index (κ1) is 15.7. The van der Waals surface area contributed by atoms with E-state index in [9.17, 15) is 4.79 Å². The quantitative estimate of drug-likeness (QED) is 0.759. The normalized spacial score (nSPS) is 10.5. The van der Waals surface area contributed by atoms with Gasteiger partial charge in [0.2, 0.25) is 0 Å². The van der Waals surface area contributed by atoms with Gasteiger partial charge in [-0.25, -0.2) is 0 Å². The topological polar surface area (TPSA) is 80.0 Å². The summed E-state index contributed by atoms with van der Waals surface area (Å²) in [5.41, 5.74) is 4.48. The van der Waals surface area contributed by atoms with Crippen molar-refractivity contribution in [3.8, 4) is 0 Å². The lowest BCUT2D eigenvalue weighted by molar-refractivity contribution is 0.102. The second-order valence-corrected chi connectivity index (χ2v) is 5.63. The van der Waals surface area contributed by atoms with Crippen LogP contribution in [0.5, 0.6) is 0 Å². The van der Waals surface area contributed by atoms with E-state index in [4.69, 9.17) is 4.52 Å². The summed E-state index contributed by atoms with van der Waals surface area (Å²) in [7, 11) is 0. The number of anilines is 3. The Morgan fingerprint density at radius 1 is 1.00 bits per heavy atom. The maximum absolute atomic E-state index is 12.2. The minimum absolute atomic E-state index is 0.296. The molecular formula is C18H18N4O2. The van der Waals surface area contributed by atoms with Gasteiger partial charge in [0.15, 0.2) is 5.82 Å². The molecule has 3 aromatic rings. The van der Waals surface area contributed by atoms with Gasteiger partial charge in [-0.05, 0) is 56.2 Å². The van der Waals surface area contributed by atoms with E-state index >= 15 is 0 Å². The summed E-state index contributed by atoms with van der Waals surface area (Å²) in [5, 5.41) is 9.67. The molecule has 2 N–H and O–H groups in total. The van der Waals surface area contributed by atoms with Gasteiger partial charge in [0, 0.05) is 23.6 Å². The number of carbonyl (C=O) groups is 1. The average Bonchev–Trinajstić information content (AvgIpc) is 2.96. The number of carbonyl (C=O) groups excluding carboxylic acids is 1. The van der Waals surface area contributed by atoms with E-state index in [0.29, 0.717) is 17.3 Å². The molecule has 1 aromatic carbocycles. The van der Waals surface area contributed by atoms with E-state index in [2.05, 4.69) is 46.8 Å². The predicted molar refractivity (Wildman–Crippen MR) is 92.6 cm³/mol. The molecule has 2 heterocycles. The first-order valence-corrected chi connectivity index (χ1v) is 7.56. The number of hydrogen-bond acceptors (Lipinski definition) is 5. The molecule has 6 nitrogen and oxygen atoms in total. The Balaban J connectivity index is 1.75. The lowest BCUT2D eigenvalue weighted by Crippen LogP contribution is -2.14. The molecule has 0 bridgehead atoms. The van der Waals surface area contributed by atoms with Gasteiger partial charge in [-0.2, -0.15) is 0 Å². The highest BCUT2D eigenvalue weighted by Gasteiger charge is 2.11. The van der Waals surface area contributed by atoms with Crippen LogP contribution in [0.15, 0.2) is 47.1 Å². The van der Waals surface area contributed by atoms with Crippen molar-refractivity contribution >= 4 is 23.1 Å². The fraction of sp³-hybridized carbons (Fsp3) is 0.167. The zero-order valence-corrected chi connectivity index (χ0v) is 13.8. The molecule has 0 aliphatic heterocycles. The average molecular weight is 322 g/mol. The fourth-order valence-electron chi connectivity index (χ4n) is 2.22. The summed E-state index contributed by atoms with van der Waals surface area (Å²) in [6, 6.07) is 11.3. The first-order valence-electron chi connectivity index (χ1n) is 7.56. The van der Waals surface area contributed by atoms with Gasteiger partial charge < -0.3 is 15.2 Å². The van der Waals surface area contributed by atoms with Crippen molar-refractivity contribution in [2.24, 2.45) is 0 Å². The van der Waals surface area contributed by atoms with E-state index in [-0.39, 0.29) is 5.91 Å². The summed E-state index contributed by atoms with van der Waals surface area (Å²) < 4.78 is 4.93. The number of benzene rings is 1. The molecule has 0 aliphatic rings. The second kappa shape index (κ2) is 6.54. The van der Waals surface area contributed by atoms with Gasteiger partial charge in [0.05, 0.1) is 0 Å². The summed E-state index contributed by atoms with van der Waals surface area (Å²) >= 11 is 0. The third kappa shape index (κ3) is 3.60. The van der Waals surface area contributed by atoms with Gasteiger partial charge in [-0.3, -0.25) is 9.78 Å². The smallest absolute Gasteiger partial charge is 0.275 e. The Morgan fingerprint density at radius 2 is 1.79 bits per heavy atom. The number of nitrogens with one attached hydrogen (secondary N) is 2. The molecule has 2 aromatic heterocycles. The highest BCUT2D eigenvalue weighted by molar-refractivity contribution is 6.02. The van der Waals surface area contributed by atoms with Crippen LogP contribution in [-0.2, 0) is 0 Å². The SMILES string of the molecule is Cc1cc(NC(=O)c2cc(Nc3ccc(C)c(C)c3)ccn2)no1. The molecule has 6 heteroatoms. The van der Waals surface area contributed by atoms with Gasteiger partial charge in [-0.15, -0.1) is 0 Å². The monoisotopic (exact) mass is 322 g/mol. The predicted octanol–water partition coefficient (Wildman–Crippen LogP) is 3.99. The molecular weight excluding hydrogens is 304 g/mol. The van der Waals surface area contributed by atoms with E-state index in [0.717, 1.165) is 11.4 Å². The minimum Gasteiger partial charge on any atom is -0.360 e. The molecule has 122 valence electrons. The molecule has 0 unspecified atom stereocenters. The molecule has 3 rings (SSSR count). The van der Waals surface area contributed by atoms with Crippen LogP contribution in [0.3, 0.4) is 0 Å². The Hall–Kier alpha value is -3.15. The Bertz CT molecular complexity index is 886. The summed E-state index contributed by atoms with van der Waals surface area (Å²) in [4.78, 5) is 16.3. The van der Waals surface area contributed by atoms with Crippen molar-refractivity contribution in [3.63, 3.8) is 0 Å². The molecule has 1 amide bonds. The largest absolute Gasteiger partial charge is 0.360 e. The zero-order chi connectivity index (χ0) is 17.1. The summed E-state index contributed by atoms with van der Waals surface area (Å²) in [6.45, 7) is 5.89. The van der Waals surface area contributed by atoms with Crippen molar-refractivity contribution in [1.82, 2.24) is 10.1 Å². The van der Waals surface area contributed by atoms with Crippen molar-refractivity contribution < 1.29 is 9.32 Å². The Kier molecular flexibility index (Phi) is 4.29. The van der Waals surface area contributed by atoms with E-state index in [1.807, 2.05) is 12.1 Å². The van der Waals surface area contributed by atoms with Gasteiger partial charge in [0.1, 0.15) is 11.5 Å². The van der Waals surface area contributed by atoms with Gasteiger partial charge >= 0.3 is 0 Å². The minimum atomic E-state index is -0.341. The number of pyridine rings is 1. The molecule has 0 fully saturated rings. The van der Waals surface area contributed by atoms with Gasteiger partial charge in [0.25, 0.3) is 5.91 Å². The standard InChI is InChI=1S/C18H18N4O2/c1-11-4-5-14(8-12(11)2)20-15-6-7-19-16(10-15)18(23)21-17-9-13(3)24-22-17/h4-10H,1-3H3,(H,19,20)(H,21,22,23). The van der Waals surface area contributed by atoms with Crippen LogP contribution in [0.1, 0.15) is 27.4 Å². The summed E-state index contributed by atoms with van der Waals surface area (Å²) in [6.07, 6.45) is 1.59. The summed E-state index contributed by atoms with van der Waals surface area (Å²) in [5.74, 6) is 0.655. The number of aromatic nitrogens is 2. The highest BCUT2D eigenvalue weighted by atomic mass is 16.5. The lowest BCUT2D eigenvalue weighted by Gasteiger charge is -2.09. The van der Waals surface area contributed by atoms with Crippen LogP contribution < -0.4 is 10.6 Å². The van der Waals surface area contributed by atoms with Crippen LogP contribution in [0.2, 0.25) is 0 Å². The van der Waals surface area contributed by atoms with Crippen LogP contribution in [0, 0.1) is 20.8 Å². The van der Waals surface area contributed by atoms with Crippen LogP contribution in [0.4, 0.5) is 17.2 Å². The van der Waals surface area contributed by atoms with Crippen LogP contribution in [0.25, 0.3) is 0 Å². The highest BCUT2D eigenvalue weighted by Crippen LogP contribution is 2.20. The second-order valence-electron chi connectivity index (χ2n) is 5.63. The van der Waals surface area contributed by atoms with E-state index < -0.39 is 0 Å². The maximum Gasteiger partial charge on any atom is 0.275 e. The molecule has 0 atom stereocenters. The zero-order valence-electron chi connectivity index (χ0n) is 13.8. The molecule has 0 saturated carbocycles. The van der Waals surface area contributed by atoms with Crippen molar-refractivity contribution in [2.45, 2.75) is 20.8 Å². The fourth-order valence-corrected chi connectivity index (χ4v) is 2.22. The van der Waals surface area contributed by atoms with Crippen LogP contribution in [-0.4, -0.2) is 16.0 Å². The van der Waals surface area contributed by atoms with Crippen molar-refractivity contribution in [1.29, 1.82) is 0 Å². The molecule has 0 radical (unpaired) electrons. The number of nitrogens with zero attached hydrogens (tertiary/aromatic N) is 2. The van der Waals surface area contributed by atoms with Crippen LogP contribution >= 0.6 is 0 Å². The Labute approximate surface area is 139 Å². The third-order valence-corrected chi connectivity index (χ3v) is 3.66. The number of aryl methyl sites for hydroxylation is 3. The molecule has 0 aliphatic carbocycles. The van der Waals surface area contributed by atoms with Crippen molar-refractivity contribution in [3.05, 3.63) is 65.2 Å². The van der Waals surface area contributed by atoms with Crippen molar-refractivity contribution in [2.75, 3.05) is 10.6 Å². The maximum atomic E-state index is 12.2. The number of rotatable bonds is 4. The van der Waals surface area contributed by atoms with Gasteiger partial charge in [-0.1, -0.05) is 11.2 Å². The molecule has 0 spiro atoms. The van der Waals surface area contributed by atoms with E-state index in [1.54, 1.807) is 25.3 Å². The molecule has 0 saturated heterocycles. The number of hydrogen-bond donors (Lipinski definition) is 2. The Morgan fingerprint density at radius 3 is 2.50 bits per heavy atom. The van der Waals surface area contributed by atoms with E-state index in [1.165, 1.54) is 11.1 Å². The first-order chi connectivity index (χ1) is 11.5.